The highest BCUT2D eigenvalue weighted by Crippen LogP contribution is 2.17. The monoisotopic (exact) mass is 186 g/mol. The molecule has 0 fully saturated rings. The molecule has 0 aromatic heterocycles. The molecule has 0 aliphatic rings. The Kier molecular flexibility index (Phi) is 3.76. The molecule has 0 heterocycles. The number of esters is 1. The Morgan fingerprint density at radius 3 is 1.85 bits per heavy atom. The van der Waals surface area contributed by atoms with Gasteiger partial charge < -0.3 is 4.74 Å². The third-order valence-electron chi connectivity index (χ3n) is 1.08. The van der Waals surface area contributed by atoms with Crippen molar-refractivity contribution in [3.8, 4) is 0 Å². The zero-order valence-electron chi connectivity index (χ0n) is 7.24. The average molecular weight is 186 g/mol. The van der Waals surface area contributed by atoms with E-state index in [-0.39, 0.29) is 0 Å². The SMILES string of the molecule is CC(C)OC(=O)C(N=N)(N=N)N=N. The smallest absolute Gasteiger partial charge is 0.396 e. The molecule has 0 saturated carbocycles. The van der Waals surface area contributed by atoms with E-state index < -0.39 is 17.9 Å². The van der Waals surface area contributed by atoms with Gasteiger partial charge in [-0.25, -0.2) is 21.4 Å². The maximum atomic E-state index is 11.1. The fraction of sp³-hybridized carbons (Fsp3) is 0.800. The van der Waals surface area contributed by atoms with E-state index in [9.17, 15) is 4.79 Å². The fourth-order valence-corrected chi connectivity index (χ4v) is 0.505. The predicted octanol–water partition coefficient (Wildman–Crippen LogP) is 1.68. The third-order valence-corrected chi connectivity index (χ3v) is 1.08. The Hall–Kier alpha value is -1.73. The zero-order valence-corrected chi connectivity index (χ0v) is 7.24. The molecule has 0 atom stereocenters. The normalized spacial score (nSPS) is 14.4. The van der Waals surface area contributed by atoms with Crippen LogP contribution in [0.1, 0.15) is 13.8 Å². The molecule has 0 saturated heterocycles. The highest BCUT2D eigenvalue weighted by molar-refractivity contribution is 5.80. The van der Waals surface area contributed by atoms with Crippen LogP contribution in [-0.4, -0.2) is 17.9 Å². The molecule has 72 valence electrons. The molecular formula is C5H10N6O2. The lowest BCUT2D eigenvalue weighted by Crippen LogP contribution is -2.34. The van der Waals surface area contributed by atoms with Gasteiger partial charge in [0.25, 0.3) is 0 Å². The Balaban J connectivity index is 4.74. The van der Waals surface area contributed by atoms with Crippen LogP contribution in [0.25, 0.3) is 0 Å². The number of hydrogen-bond acceptors (Lipinski definition) is 8. The maximum absolute atomic E-state index is 11.1. The summed E-state index contributed by atoms with van der Waals surface area (Å²) in [5, 5.41) is 8.03. The second-order valence-corrected chi connectivity index (χ2v) is 2.42. The molecule has 13 heavy (non-hydrogen) atoms. The van der Waals surface area contributed by atoms with Gasteiger partial charge in [0.15, 0.2) is 0 Å². The molecule has 0 aromatic carbocycles. The van der Waals surface area contributed by atoms with Crippen LogP contribution in [0.4, 0.5) is 0 Å². The minimum Gasteiger partial charge on any atom is -0.458 e. The van der Waals surface area contributed by atoms with Crippen molar-refractivity contribution in [2.75, 3.05) is 0 Å². The van der Waals surface area contributed by atoms with Crippen molar-refractivity contribution in [2.45, 2.75) is 25.7 Å². The standard InChI is InChI=1S/C5H10N6O2/c1-3(2)13-4(12)5(9-6,10-7)11-8/h3,6-8H,1-2H3. The van der Waals surface area contributed by atoms with Crippen LogP contribution >= 0.6 is 0 Å². The van der Waals surface area contributed by atoms with Crippen LogP contribution in [0.2, 0.25) is 0 Å². The van der Waals surface area contributed by atoms with Gasteiger partial charge in [-0.2, -0.15) is 0 Å². The summed E-state index contributed by atoms with van der Waals surface area (Å²) in [6.07, 6.45) is -0.433. The van der Waals surface area contributed by atoms with Crippen molar-refractivity contribution in [3.05, 3.63) is 0 Å². The molecule has 0 spiro atoms. The van der Waals surface area contributed by atoms with E-state index in [0.717, 1.165) is 0 Å². The van der Waals surface area contributed by atoms with Gasteiger partial charge in [-0.15, -0.1) is 15.3 Å². The molecule has 0 aromatic rings. The first-order valence-corrected chi connectivity index (χ1v) is 3.39. The summed E-state index contributed by atoms with van der Waals surface area (Å²) in [5.74, 6) is -3.47. The Morgan fingerprint density at radius 2 is 1.62 bits per heavy atom. The van der Waals surface area contributed by atoms with Gasteiger partial charge >= 0.3 is 11.8 Å². The summed E-state index contributed by atoms with van der Waals surface area (Å²) in [6.45, 7) is 3.17. The quantitative estimate of drug-likeness (QED) is 0.444. The van der Waals surface area contributed by atoms with Crippen molar-refractivity contribution in [3.63, 3.8) is 0 Å². The first-order valence-electron chi connectivity index (χ1n) is 3.39. The van der Waals surface area contributed by atoms with E-state index in [1.54, 1.807) is 13.8 Å². The van der Waals surface area contributed by atoms with Gasteiger partial charge in [-0.1, -0.05) is 0 Å². The van der Waals surface area contributed by atoms with Gasteiger partial charge in [0.2, 0.25) is 0 Å². The number of nitrogens with one attached hydrogen (secondary N) is 3. The van der Waals surface area contributed by atoms with E-state index in [1.165, 1.54) is 0 Å². The second kappa shape index (κ2) is 4.33. The predicted molar refractivity (Wildman–Crippen MR) is 39.4 cm³/mol. The maximum Gasteiger partial charge on any atom is 0.396 e. The van der Waals surface area contributed by atoms with E-state index in [0.29, 0.717) is 0 Å². The van der Waals surface area contributed by atoms with Gasteiger partial charge in [0.1, 0.15) is 0 Å². The van der Waals surface area contributed by atoms with E-state index >= 15 is 0 Å². The highest BCUT2D eigenvalue weighted by Gasteiger charge is 2.41. The zero-order chi connectivity index (χ0) is 10.5. The molecule has 0 aliphatic heterocycles. The molecule has 0 aliphatic carbocycles. The number of carbonyl (C=O) groups excluding carboxylic acids is 1. The van der Waals surface area contributed by atoms with Crippen LogP contribution in [0, 0.1) is 16.6 Å². The van der Waals surface area contributed by atoms with Crippen LogP contribution in [0.15, 0.2) is 15.3 Å². The van der Waals surface area contributed by atoms with E-state index in [4.69, 9.17) is 16.6 Å². The summed E-state index contributed by atoms with van der Waals surface area (Å²) in [5.41, 5.74) is 19.7. The van der Waals surface area contributed by atoms with Crippen LogP contribution in [0.5, 0.6) is 0 Å². The average Bonchev–Trinajstić information content (AvgIpc) is 2.07. The lowest BCUT2D eigenvalue weighted by molar-refractivity contribution is -0.154. The fourth-order valence-electron chi connectivity index (χ4n) is 0.505. The lowest BCUT2D eigenvalue weighted by atomic mass is 10.4. The van der Waals surface area contributed by atoms with Crippen molar-refractivity contribution in [1.29, 1.82) is 16.6 Å². The first-order chi connectivity index (χ1) is 6.02. The van der Waals surface area contributed by atoms with Crippen molar-refractivity contribution in [1.82, 2.24) is 0 Å². The molecule has 0 bridgehead atoms. The summed E-state index contributed by atoms with van der Waals surface area (Å²) in [4.78, 5) is 11.1. The highest BCUT2D eigenvalue weighted by atomic mass is 16.5. The largest absolute Gasteiger partial charge is 0.458 e. The van der Waals surface area contributed by atoms with Gasteiger partial charge in [-0.05, 0) is 13.8 Å². The molecule has 8 nitrogen and oxygen atoms in total. The number of rotatable bonds is 5. The van der Waals surface area contributed by atoms with Gasteiger partial charge in [0.05, 0.1) is 6.10 Å². The van der Waals surface area contributed by atoms with Crippen molar-refractivity contribution in [2.24, 2.45) is 15.3 Å². The molecule has 0 amide bonds. The summed E-state index contributed by atoms with van der Waals surface area (Å²) < 4.78 is 4.61. The van der Waals surface area contributed by atoms with Crippen molar-refractivity contribution >= 4 is 5.97 Å². The Labute approximate surface area is 74.2 Å². The summed E-state index contributed by atoms with van der Waals surface area (Å²) >= 11 is 0. The van der Waals surface area contributed by atoms with Crippen LogP contribution in [-0.2, 0) is 9.53 Å². The first kappa shape index (κ1) is 11.3. The molecule has 3 N–H and O–H groups in total. The molecule has 0 unspecified atom stereocenters. The van der Waals surface area contributed by atoms with Crippen LogP contribution < -0.4 is 0 Å². The lowest BCUT2D eigenvalue weighted by Gasteiger charge is -2.15. The number of ether oxygens (including phenoxy) is 1. The molecular weight excluding hydrogens is 176 g/mol. The van der Waals surface area contributed by atoms with Crippen LogP contribution in [0.3, 0.4) is 0 Å². The number of hydrogen-bond donors (Lipinski definition) is 3. The summed E-state index contributed by atoms with van der Waals surface area (Å²) in [6, 6.07) is 0. The van der Waals surface area contributed by atoms with Gasteiger partial charge in [0, 0.05) is 0 Å². The number of carbonyl (C=O) groups is 1. The third kappa shape index (κ3) is 2.36. The minimum absolute atomic E-state index is 0.433. The van der Waals surface area contributed by atoms with Gasteiger partial charge in [-0.3, -0.25) is 0 Å². The number of nitrogens with zero attached hydrogens (tertiary/aromatic N) is 3. The molecule has 8 heteroatoms. The molecule has 0 radical (unpaired) electrons. The van der Waals surface area contributed by atoms with E-state index in [1.807, 2.05) is 0 Å². The van der Waals surface area contributed by atoms with E-state index in [2.05, 4.69) is 20.1 Å². The summed E-state index contributed by atoms with van der Waals surface area (Å²) in [7, 11) is 0. The molecule has 0 rings (SSSR count). The topological polar surface area (TPSA) is 135 Å². The Bertz CT molecular complexity index is 215. The van der Waals surface area contributed by atoms with Crippen molar-refractivity contribution < 1.29 is 9.53 Å². The second-order valence-electron chi connectivity index (χ2n) is 2.42. The minimum atomic E-state index is -2.37. The Morgan fingerprint density at radius 1 is 1.23 bits per heavy atom.